The molecule has 0 aromatic heterocycles. The van der Waals surface area contributed by atoms with E-state index in [1.165, 1.54) is 19.3 Å². The van der Waals surface area contributed by atoms with Crippen molar-refractivity contribution in [2.75, 3.05) is 39.4 Å². The molecule has 0 spiro atoms. The van der Waals surface area contributed by atoms with Gasteiger partial charge >= 0.3 is 0 Å². The van der Waals surface area contributed by atoms with Gasteiger partial charge in [-0.25, -0.2) is 0 Å². The van der Waals surface area contributed by atoms with Gasteiger partial charge in [-0.3, -0.25) is 0 Å². The van der Waals surface area contributed by atoms with Gasteiger partial charge in [-0.2, -0.15) is 0 Å². The maximum absolute atomic E-state index is 5.39. The average Bonchev–Trinajstić information content (AvgIpc) is 2.24. The minimum atomic E-state index is 0.469. The van der Waals surface area contributed by atoms with Crippen LogP contribution in [0.25, 0.3) is 0 Å². The molecule has 0 aromatic rings. The second-order valence-electron chi connectivity index (χ2n) is 4.81. The Bertz CT molecular complexity index is 156. The van der Waals surface area contributed by atoms with Gasteiger partial charge in [0.05, 0.1) is 0 Å². The van der Waals surface area contributed by atoms with Crippen LogP contribution in [-0.2, 0) is 4.74 Å². The molecule has 15 heavy (non-hydrogen) atoms. The third-order valence-corrected chi connectivity index (χ3v) is 3.21. The normalized spacial score (nSPS) is 20.4. The molecule has 0 bridgehead atoms. The molecular weight excluding hydrogens is 188 g/mol. The van der Waals surface area contributed by atoms with Crippen LogP contribution in [0.4, 0.5) is 0 Å². The molecule has 1 rings (SSSR count). The summed E-state index contributed by atoms with van der Waals surface area (Å²) in [6.07, 6.45) is 3.63. The Morgan fingerprint density at radius 3 is 2.47 bits per heavy atom. The molecular formula is C12H26N2O. The smallest absolute Gasteiger partial charge is 0.0471 e. The lowest BCUT2D eigenvalue weighted by Crippen LogP contribution is -2.37. The molecule has 1 aliphatic rings. The molecule has 0 aromatic carbocycles. The van der Waals surface area contributed by atoms with Crippen molar-refractivity contribution < 1.29 is 4.74 Å². The third kappa shape index (κ3) is 5.50. The number of nitrogens with one attached hydrogen (secondary N) is 2. The fourth-order valence-electron chi connectivity index (χ4n) is 1.95. The van der Waals surface area contributed by atoms with Crippen molar-refractivity contribution >= 4 is 0 Å². The van der Waals surface area contributed by atoms with Gasteiger partial charge in [0.1, 0.15) is 0 Å². The highest BCUT2D eigenvalue weighted by Gasteiger charge is 2.26. The molecule has 0 saturated carbocycles. The lowest BCUT2D eigenvalue weighted by atomic mass is 9.82. The summed E-state index contributed by atoms with van der Waals surface area (Å²) in [4.78, 5) is 0. The van der Waals surface area contributed by atoms with Crippen LogP contribution in [0, 0.1) is 5.41 Å². The summed E-state index contributed by atoms with van der Waals surface area (Å²) < 4.78 is 5.39. The summed E-state index contributed by atoms with van der Waals surface area (Å²) >= 11 is 0. The minimum Gasteiger partial charge on any atom is -0.381 e. The molecule has 90 valence electrons. The molecule has 1 fully saturated rings. The largest absolute Gasteiger partial charge is 0.381 e. The fraction of sp³-hybridized carbons (Fsp3) is 1.00. The van der Waals surface area contributed by atoms with Crippen molar-refractivity contribution in [1.82, 2.24) is 10.6 Å². The van der Waals surface area contributed by atoms with Crippen molar-refractivity contribution in [2.24, 2.45) is 5.41 Å². The molecule has 1 aliphatic heterocycles. The zero-order chi connectivity index (χ0) is 11.0. The van der Waals surface area contributed by atoms with Crippen LogP contribution in [0.15, 0.2) is 0 Å². The zero-order valence-electron chi connectivity index (χ0n) is 10.3. The van der Waals surface area contributed by atoms with Gasteiger partial charge in [0.25, 0.3) is 0 Å². The first-order valence-electron chi connectivity index (χ1n) is 6.26. The van der Waals surface area contributed by atoms with Crippen molar-refractivity contribution in [3.63, 3.8) is 0 Å². The third-order valence-electron chi connectivity index (χ3n) is 3.21. The minimum absolute atomic E-state index is 0.469. The number of ether oxygens (including phenoxy) is 1. The topological polar surface area (TPSA) is 33.3 Å². The quantitative estimate of drug-likeness (QED) is 0.628. The highest BCUT2D eigenvalue weighted by Crippen LogP contribution is 2.28. The Labute approximate surface area is 94.0 Å². The second-order valence-corrected chi connectivity index (χ2v) is 4.81. The first kappa shape index (κ1) is 12.9. The van der Waals surface area contributed by atoms with E-state index in [9.17, 15) is 0 Å². The highest BCUT2D eigenvalue weighted by molar-refractivity contribution is 4.79. The van der Waals surface area contributed by atoms with Crippen molar-refractivity contribution in [3.05, 3.63) is 0 Å². The van der Waals surface area contributed by atoms with Crippen LogP contribution in [-0.4, -0.2) is 39.4 Å². The molecule has 1 heterocycles. The molecule has 0 atom stereocenters. The van der Waals surface area contributed by atoms with Crippen LogP contribution in [0.3, 0.4) is 0 Å². The van der Waals surface area contributed by atoms with E-state index in [4.69, 9.17) is 4.74 Å². The first-order chi connectivity index (χ1) is 7.27. The van der Waals surface area contributed by atoms with Crippen molar-refractivity contribution in [1.29, 1.82) is 0 Å². The molecule has 3 nitrogen and oxygen atoms in total. The van der Waals surface area contributed by atoms with E-state index in [0.29, 0.717) is 5.41 Å². The van der Waals surface area contributed by atoms with Crippen molar-refractivity contribution in [2.45, 2.75) is 33.1 Å². The lowest BCUT2D eigenvalue weighted by Gasteiger charge is -2.33. The maximum Gasteiger partial charge on any atom is 0.0471 e. The van der Waals surface area contributed by atoms with Crippen LogP contribution >= 0.6 is 0 Å². The zero-order valence-corrected chi connectivity index (χ0v) is 10.3. The summed E-state index contributed by atoms with van der Waals surface area (Å²) in [5, 5.41) is 6.90. The predicted molar refractivity (Wildman–Crippen MR) is 64.2 cm³/mol. The van der Waals surface area contributed by atoms with Gasteiger partial charge in [0.2, 0.25) is 0 Å². The fourth-order valence-corrected chi connectivity index (χ4v) is 1.95. The van der Waals surface area contributed by atoms with Crippen LogP contribution in [0.1, 0.15) is 33.1 Å². The summed E-state index contributed by atoms with van der Waals surface area (Å²) in [7, 11) is 0. The Morgan fingerprint density at radius 2 is 1.80 bits per heavy atom. The molecule has 2 N–H and O–H groups in total. The Morgan fingerprint density at radius 1 is 1.13 bits per heavy atom. The number of rotatable bonds is 7. The monoisotopic (exact) mass is 214 g/mol. The predicted octanol–water partition coefficient (Wildman–Crippen LogP) is 1.39. The Balaban J connectivity index is 1.98. The van der Waals surface area contributed by atoms with E-state index in [0.717, 1.165) is 39.4 Å². The van der Waals surface area contributed by atoms with Crippen LogP contribution < -0.4 is 10.6 Å². The van der Waals surface area contributed by atoms with Gasteiger partial charge in [0, 0.05) is 19.8 Å². The molecule has 0 aliphatic carbocycles. The summed E-state index contributed by atoms with van der Waals surface area (Å²) in [5.41, 5.74) is 0.469. The standard InChI is InChI=1S/C12H26N2O/c1-3-13-7-4-8-14-11-12(2)5-9-15-10-6-12/h13-14H,3-11H2,1-2H3. The SMILES string of the molecule is CCNCCCNCC1(C)CCOCC1. The Kier molecular flexibility index (Phi) is 6.22. The van der Waals surface area contributed by atoms with Crippen LogP contribution in [0.5, 0.6) is 0 Å². The highest BCUT2D eigenvalue weighted by atomic mass is 16.5. The van der Waals surface area contributed by atoms with E-state index in [1.807, 2.05) is 0 Å². The molecule has 0 radical (unpaired) electrons. The van der Waals surface area contributed by atoms with E-state index in [2.05, 4.69) is 24.5 Å². The molecule has 3 heteroatoms. The molecule has 1 saturated heterocycles. The van der Waals surface area contributed by atoms with Gasteiger partial charge in [-0.15, -0.1) is 0 Å². The summed E-state index contributed by atoms with van der Waals surface area (Å²) in [6, 6.07) is 0. The van der Waals surface area contributed by atoms with E-state index in [-0.39, 0.29) is 0 Å². The van der Waals surface area contributed by atoms with Gasteiger partial charge < -0.3 is 15.4 Å². The second kappa shape index (κ2) is 7.20. The number of hydrogen-bond acceptors (Lipinski definition) is 3. The van der Waals surface area contributed by atoms with Gasteiger partial charge in [0.15, 0.2) is 0 Å². The summed E-state index contributed by atoms with van der Waals surface area (Å²) in [5.74, 6) is 0. The molecule has 0 amide bonds. The van der Waals surface area contributed by atoms with Gasteiger partial charge in [-0.05, 0) is 44.3 Å². The van der Waals surface area contributed by atoms with Crippen molar-refractivity contribution in [3.8, 4) is 0 Å². The maximum atomic E-state index is 5.39. The summed E-state index contributed by atoms with van der Waals surface area (Å²) in [6.45, 7) is 10.9. The molecule has 0 unspecified atom stereocenters. The van der Waals surface area contributed by atoms with Gasteiger partial charge in [-0.1, -0.05) is 13.8 Å². The first-order valence-corrected chi connectivity index (χ1v) is 6.26. The number of hydrogen-bond donors (Lipinski definition) is 2. The van der Waals surface area contributed by atoms with E-state index >= 15 is 0 Å². The lowest BCUT2D eigenvalue weighted by molar-refractivity contribution is 0.0242. The van der Waals surface area contributed by atoms with E-state index < -0.39 is 0 Å². The Hall–Kier alpha value is -0.120. The van der Waals surface area contributed by atoms with E-state index in [1.54, 1.807) is 0 Å². The van der Waals surface area contributed by atoms with Crippen LogP contribution in [0.2, 0.25) is 0 Å². The average molecular weight is 214 g/mol.